The number of nitrogens with zero attached hydrogens (tertiary/aromatic N) is 1. The quantitative estimate of drug-likeness (QED) is 0.490. The summed E-state index contributed by atoms with van der Waals surface area (Å²) >= 11 is 0. The van der Waals surface area contributed by atoms with E-state index in [1.807, 2.05) is 30.3 Å². The Morgan fingerprint density at radius 1 is 1.16 bits per heavy atom. The Labute approximate surface area is 111 Å². The summed E-state index contributed by atoms with van der Waals surface area (Å²) in [6.45, 7) is 0.619. The van der Waals surface area contributed by atoms with E-state index in [0.717, 1.165) is 6.42 Å². The molecule has 0 aromatic heterocycles. The number of nitrogens with two attached hydrogens (primary N) is 1. The highest BCUT2D eigenvalue weighted by Gasteiger charge is 2.12. The molecule has 3 N–H and O–H groups in total. The van der Waals surface area contributed by atoms with Gasteiger partial charge in [0.25, 0.3) is 5.69 Å². The fourth-order valence-electron chi connectivity index (χ4n) is 1.84. The number of anilines is 2. The van der Waals surface area contributed by atoms with Crippen molar-refractivity contribution < 1.29 is 4.92 Å². The number of nitrogens with one attached hydrogen (secondary N) is 1. The molecule has 0 saturated carbocycles. The van der Waals surface area contributed by atoms with Crippen LogP contribution in [0.5, 0.6) is 0 Å². The first-order chi connectivity index (χ1) is 9.16. The molecular formula is C14H15N3O2. The number of nitrogen functional groups attached to an aromatic ring is 1. The molecule has 19 heavy (non-hydrogen) atoms. The Balaban J connectivity index is 2.03. The topological polar surface area (TPSA) is 81.2 Å². The van der Waals surface area contributed by atoms with Crippen LogP contribution >= 0.6 is 0 Å². The third kappa shape index (κ3) is 3.45. The summed E-state index contributed by atoms with van der Waals surface area (Å²) in [5.74, 6) is 0. The van der Waals surface area contributed by atoms with Gasteiger partial charge in [-0.3, -0.25) is 10.1 Å². The van der Waals surface area contributed by atoms with Crippen molar-refractivity contribution in [2.45, 2.75) is 6.42 Å². The number of nitro groups is 1. The molecule has 98 valence electrons. The molecule has 5 nitrogen and oxygen atoms in total. The zero-order valence-electron chi connectivity index (χ0n) is 10.4. The molecule has 0 spiro atoms. The van der Waals surface area contributed by atoms with E-state index in [4.69, 9.17) is 5.73 Å². The van der Waals surface area contributed by atoms with E-state index >= 15 is 0 Å². The number of benzene rings is 2. The number of hydrogen-bond acceptors (Lipinski definition) is 4. The van der Waals surface area contributed by atoms with Gasteiger partial charge in [-0.05, 0) is 24.1 Å². The lowest BCUT2D eigenvalue weighted by atomic mass is 10.1. The van der Waals surface area contributed by atoms with Crippen LogP contribution in [-0.4, -0.2) is 11.5 Å². The van der Waals surface area contributed by atoms with Crippen LogP contribution in [0.1, 0.15) is 5.56 Å². The van der Waals surface area contributed by atoms with Gasteiger partial charge in [-0.2, -0.15) is 0 Å². The minimum atomic E-state index is -0.412. The first kappa shape index (κ1) is 12.9. The maximum atomic E-state index is 10.9. The van der Waals surface area contributed by atoms with Crippen LogP contribution in [0.3, 0.4) is 0 Å². The number of rotatable bonds is 5. The summed E-state index contributed by atoms with van der Waals surface area (Å²) in [4.78, 5) is 10.5. The minimum Gasteiger partial charge on any atom is -0.399 e. The van der Waals surface area contributed by atoms with E-state index in [9.17, 15) is 10.1 Å². The summed E-state index contributed by atoms with van der Waals surface area (Å²) in [7, 11) is 0. The highest BCUT2D eigenvalue weighted by Crippen LogP contribution is 2.26. The van der Waals surface area contributed by atoms with Crippen molar-refractivity contribution in [3.63, 3.8) is 0 Å². The number of hydrogen-bond donors (Lipinski definition) is 2. The largest absolute Gasteiger partial charge is 0.399 e. The molecule has 2 rings (SSSR count). The monoisotopic (exact) mass is 257 g/mol. The second kappa shape index (κ2) is 5.86. The van der Waals surface area contributed by atoms with Crippen molar-refractivity contribution in [3.8, 4) is 0 Å². The molecule has 0 fully saturated rings. The molecular weight excluding hydrogens is 242 g/mol. The maximum absolute atomic E-state index is 10.9. The molecule has 0 radical (unpaired) electrons. The average molecular weight is 257 g/mol. The Bertz CT molecular complexity index is 570. The van der Waals surface area contributed by atoms with E-state index in [-0.39, 0.29) is 5.69 Å². The fraction of sp³-hybridized carbons (Fsp3) is 0.143. The predicted octanol–water partition coefficient (Wildman–Crippen LogP) is 2.83. The SMILES string of the molecule is Nc1ccc([N+](=O)[O-])c(NCCc2ccccc2)c1. The van der Waals surface area contributed by atoms with E-state index < -0.39 is 4.92 Å². The zero-order valence-corrected chi connectivity index (χ0v) is 10.4. The second-order valence-corrected chi connectivity index (χ2v) is 4.20. The summed E-state index contributed by atoms with van der Waals surface area (Å²) in [5, 5.41) is 14.0. The zero-order chi connectivity index (χ0) is 13.7. The van der Waals surface area contributed by atoms with Gasteiger partial charge >= 0.3 is 0 Å². The first-order valence-corrected chi connectivity index (χ1v) is 5.98. The molecule has 0 saturated heterocycles. The molecule has 0 heterocycles. The number of nitro benzene ring substituents is 1. The Morgan fingerprint density at radius 3 is 2.58 bits per heavy atom. The Kier molecular flexibility index (Phi) is 3.97. The predicted molar refractivity (Wildman–Crippen MR) is 76.1 cm³/mol. The minimum absolute atomic E-state index is 0.0438. The molecule has 2 aromatic rings. The molecule has 0 aliphatic carbocycles. The smallest absolute Gasteiger partial charge is 0.292 e. The van der Waals surface area contributed by atoms with Gasteiger partial charge in [0.05, 0.1) is 4.92 Å². The van der Waals surface area contributed by atoms with E-state index in [1.165, 1.54) is 17.7 Å². The van der Waals surface area contributed by atoms with Gasteiger partial charge < -0.3 is 11.1 Å². The highest BCUT2D eigenvalue weighted by molar-refractivity contribution is 5.67. The van der Waals surface area contributed by atoms with Crippen molar-refractivity contribution in [1.29, 1.82) is 0 Å². The summed E-state index contributed by atoms with van der Waals surface area (Å²) in [6.07, 6.45) is 0.798. The van der Waals surface area contributed by atoms with Gasteiger partial charge in [0.1, 0.15) is 5.69 Å². The lowest BCUT2D eigenvalue weighted by molar-refractivity contribution is -0.383. The van der Waals surface area contributed by atoms with Crippen molar-refractivity contribution >= 4 is 17.1 Å². The second-order valence-electron chi connectivity index (χ2n) is 4.20. The maximum Gasteiger partial charge on any atom is 0.292 e. The molecule has 2 aromatic carbocycles. The molecule has 0 atom stereocenters. The van der Waals surface area contributed by atoms with Crippen LogP contribution in [0.15, 0.2) is 48.5 Å². The van der Waals surface area contributed by atoms with Crippen LogP contribution < -0.4 is 11.1 Å². The van der Waals surface area contributed by atoms with Crippen molar-refractivity contribution in [1.82, 2.24) is 0 Å². The third-order valence-electron chi connectivity index (χ3n) is 2.79. The van der Waals surface area contributed by atoms with Gasteiger partial charge in [0.15, 0.2) is 0 Å². The van der Waals surface area contributed by atoms with Crippen molar-refractivity contribution in [2.24, 2.45) is 0 Å². The summed E-state index contributed by atoms with van der Waals surface area (Å²) in [6, 6.07) is 14.5. The molecule has 0 bridgehead atoms. The average Bonchev–Trinajstić information content (AvgIpc) is 2.39. The fourth-order valence-corrected chi connectivity index (χ4v) is 1.84. The lowest BCUT2D eigenvalue weighted by Gasteiger charge is -2.08. The first-order valence-electron chi connectivity index (χ1n) is 5.98. The Morgan fingerprint density at radius 2 is 1.89 bits per heavy atom. The van der Waals surface area contributed by atoms with Crippen LogP contribution in [0.2, 0.25) is 0 Å². The normalized spacial score (nSPS) is 10.1. The highest BCUT2D eigenvalue weighted by atomic mass is 16.6. The summed E-state index contributed by atoms with van der Waals surface area (Å²) < 4.78 is 0. The molecule has 5 heteroatoms. The van der Waals surface area contributed by atoms with Crippen molar-refractivity contribution in [3.05, 3.63) is 64.2 Å². The Hall–Kier alpha value is -2.56. The summed E-state index contributed by atoms with van der Waals surface area (Å²) in [5.41, 5.74) is 7.84. The van der Waals surface area contributed by atoms with Crippen LogP contribution in [0.4, 0.5) is 17.1 Å². The molecule has 0 unspecified atom stereocenters. The van der Waals surface area contributed by atoms with Crippen LogP contribution in [0, 0.1) is 10.1 Å². The van der Waals surface area contributed by atoms with Crippen LogP contribution in [-0.2, 0) is 6.42 Å². The van der Waals surface area contributed by atoms with Gasteiger partial charge in [-0.25, -0.2) is 0 Å². The van der Waals surface area contributed by atoms with Gasteiger partial charge in [0.2, 0.25) is 0 Å². The van der Waals surface area contributed by atoms with Crippen LogP contribution in [0.25, 0.3) is 0 Å². The van der Waals surface area contributed by atoms with Crippen molar-refractivity contribution in [2.75, 3.05) is 17.6 Å². The van der Waals surface area contributed by atoms with E-state index in [2.05, 4.69) is 5.32 Å². The van der Waals surface area contributed by atoms with E-state index in [1.54, 1.807) is 6.07 Å². The third-order valence-corrected chi connectivity index (χ3v) is 2.79. The standard InChI is InChI=1S/C14H15N3O2/c15-12-6-7-14(17(18)19)13(10-12)16-9-8-11-4-2-1-3-5-11/h1-7,10,16H,8-9,15H2. The van der Waals surface area contributed by atoms with Gasteiger partial charge in [0, 0.05) is 18.3 Å². The van der Waals surface area contributed by atoms with E-state index in [0.29, 0.717) is 17.9 Å². The lowest BCUT2D eigenvalue weighted by Crippen LogP contribution is -2.07. The molecule has 0 aliphatic rings. The van der Waals surface area contributed by atoms with Gasteiger partial charge in [-0.15, -0.1) is 0 Å². The van der Waals surface area contributed by atoms with Gasteiger partial charge in [-0.1, -0.05) is 30.3 Å². The molecule has 0 amide bonds. The molecule has 0 aliphatic heterocycles.